The molecule has 1 N–H and O–H groups in total. The van der Waals surface area contributed by atoms with Crippen LogP contribution in [0.25, 0.3) is 0 Å². The predicted octanol–water partition coefficient (Wildman–Crippen LogP) is 3.82. The van der Waals surface area contributed by atoms with Gasteiger partial charge in [0.1, 0.15) is 11.6 Å². The fourth-order valence-corrected chi connectivity index (χ4v) is 4.87. The van der Waals surface area contributed by atoms with Gasteiger partial charge in [0, 0.05) is 17.3 Å². The zero-order valence-corrected chi connectivity index (χ0v) is 18.3. The Labute approximate surface area is 184 Å². The zero-order chi connectivity index (χ0) is 21.6. The highest BCUT2D eigenvalue weighted by atomic mass is 35.5. The van der Waals surface area contributed by atoms with Crippen molar-refractivity contribution in [1.29, 1.82) is 0 Å². The van der Waals surface area contributed by atoms with Crippen molar-refractivity contribution < 1.29 is 13.2 Å². The third-order valence-corrected chi connectivity index (χ3v) is 6.80. The molecule has 30 heavy (non-hydrogen) atoms. The molecule has 3 rings (SSSR count). The molecule has 1 heterocycles. The molecule has 0 atom stereocenters. The molecule has 0 spiro atoms. The number of nitrogens with one attached hydrogen (secondary N) is 1. The fourth-order valence-electron chi connectivity index (χ4n) is 2.62. The van der Waals surface area contributed by atoms with E-state index in [1.807, 2.05) is 0 Å². The Bertz CT molecular complexity index is 1150. The van der Waals surface area contributed by atoms with E-state index in [9.17, 15) is 13.2 Å². The number of nitrogens with zero attached hydrogens (tertiary/aromatic N) is 3. The maximum Gasteiger partial charge on any atom is 0.234 e. The molecular formula is C20H19ClN4O3S2. The van der Waals surface area contributed by atoms with E-state index in [0.29, 0.717) is 22.4 Å². The van der Waals surface area contributed by atoms with E-state index in [1.165, 1.54) is 0 Å². The summed E-state index contributed by atoms with van der Waals surface area (Å²) in [7, 11) is -3.58. The first-order valence-corrected chi connectivity index (χ1v) is 11.9. The number of aromatic nitrogens is 3. The van der Waals surface area contributed by atoms with E-state index in [4.69, 9.17) is 11.6 Å². The minimum atomic E-state index is -3.58. The first-order chi connectivity index (χ1) is 14.4. The molecule has 0 aliphatic heterocycles. The molecule has 0 radical (unpaired) electrons. The van der Waals surface area contributed by atoms with E-state index in [2.05, 4.69) is 22.1 Å². The van der Waals surface area contributed by atoms with Gasteiger partial charge in [0.05, 0.1) is 10.6 Å². The van der Waals surface area contributed by atoms with Gasteiger partial charge in [-0.25, -0.2) is 8.42 Å². The summed E-state index contributed by atoms with van der Waals surface area (Å²) in [6.07, 6.45) is 1.62. The lowest BCUT2D eigenvalue weighted by molar-refractivity contribution is -0.113. The molecule has 0 fully saturated rings. The van der Waals surface area contributed by atoms with E-state index < -0.39 is 9.84 Å². The fraction of sp³-hybridized carbons (Fsp3) is 0.150. The number of hydrogen-bond acceptors (Lipinski definition) is 6. The Morgan fingerprint density at radius 1 is 1.17 bits per heavy atom. The second kappa shape index (κ2) is 9.92. The lowest BCUT2D eigenvalue weighted by Gasteiger charge is -2.09. The first kappa shape index (κ1) is 22.1. The van der Waals surface area contributed by atoms with Gasteiger partial charge in [0.15, 0.2) is 15.0 Å². The smallest absolute Gasteiger partial charge is 0.234 e. The van der Waals surface area contributed by atoms with Gasteiger partial charge in [-0.1, -0.05) is 53.7 Å². The number of benzene rings is 2. The van der Waals surface area contributed by atoms with E-state index in [-0.39, 0.29) is 28.1 Å². The maximum absolute atomic E-state index is 12.7. The number of hydrogen-bond donors (Lipinski definition) is 1. The van der Waals surface area contributed by atoms with Crippen molar-refractivity contribution in [3.05, 3.63) is 78.1 Å². The molecule has 2 aromatic carbocycles. The molecule has 1 amide bonds. The van der Waals surface area contributed by atoms with Gasteiger partial charge in [-0.2, -0.15) is 0 Å². The molecule has 0 aliphatic carbocycles. The van der Waals surface area contributed by atoms with Crippen LogP contribution in [-0.4, -0.2) is 34.8 Å². The number of thioether (sulfide) groups is 1. The summed E-state index contributed by atoms with van der Waals surface area (Å²) in [6.45, 7) is 4.03. The van der Waals surface area contributed by atoms with Gasteiger partial charge in [-0.05, 0) is 30.3 Å². The number of rotatable bonds is 9. The summed E-state index contributed by atoms with van der Waals surface area (Å²) in [5.74, 6) is -0.175. The standard InChI is InChI=1S/C20H19ClN4O3S2/c1-2-11-25-18(14-30(27,28)17-9-4-3-5-10-17)23-24-20(25)29-13-19(26)22-16-8-6-7-15(21)12-16/h2-10,12H,1,11,13-14H2,(H,22,26). The molecule has 156 valence electrons. The highest BCUT2D eigenvalue weighted by Crippen LogP contribution is 2.22. The number of amides is 1. The van der Waals surface area contributed by atoms with Crippen LogP contribution >= 0.6 is 23.4 Å². The van der Waals surface area contributed by atoms with Gasteiger partial charge in [0.2, 0.25) is 5.91 Å². The normalized spacial score (nSPS) is 11.2. The van der Waals surface area contributed by atoms with Crippen molar-refractivity contribution >= 4 is 44.8 Å². The van der Waals surface area contributed by atoms with Crippen molar-refractivity contribution in [3.63, 3.8) is 0 Å². The average molecular weight is 463 g/mol. The Balaban J connectivity index is 1.71. The van der Waals surface area contributed by atoms with E-state index in [1.54, 1.807) is 65.2 Å². The van der Waals surface area contributed by atoms with Gasteiger partial charge in [-0.3, -0.25) is 4.79 Å². The van der Waals surface area contributed by atoms with Crippen molar-refractivity contribution in [2.75, 3.05) is 11.1 Å². The molecule has 0 bridgehead atoms. The molecular weight excluding hydrogens is 444 g/mol. The Morgan fingerprint density at radius 3 is 2.63 bits per heavy atom. The number of sulfone groups is 1. The third kappa shape index (κ3) is 5.71. The van der Waals surface area contributed by atoms with E-state index in [0.717, 1.165) is 11.8 Å². The van der Waals surface area contributed by atoms with Crippen LogP contribution < -0.4 is 5.32 Å². The van der Waals surface area contributed by atoms with E-state index >= 15 is 0 Å². The molecule has 0 aliphatic rings. The highest BCUT2D eigenvalue weighted by molar-refractivity contribution is 7.99. The van der Waals surface area contributed by atoms with Crippen LogP contribution in [-0.2, 0) is 26.9 Å². The number of carbonyl (C=O) groups is 1. The van der Waals surface area contributed by atoms with Gasteiger partial charge < -0.3 is 9.88 Å². The molecule has 0 saturated carbocycles. The summed E-state index contributed by atoms with van der Waals surface area (Å²) in [5, 5.41) is 11.8. The van der Waals surface area contributed by atoms with Crippen molar-refractivity contribution in [2.24, 2.45) is 0 Å². The Kier molecular flexibility index (Phi) is 7.30. The van der Waals surface area contributed by atoms with Gasteiger partial charge >= 0.3 is 0 Å². The summed E-state index contributed by atoms with van der Waals surface area (Å²) in [6, 6.07) is 15.0. The number of anilines is 1. The Morgan fingerprint density at radius 2 is 1.93 bits per heavy atom. The number of halogens is 1. The minimum Gasteiger partial charge on any atom is -0.325 e. The molecule has 10 heteroatoms. The minimum absolute atomic E-state index is 0.0766. The topological polar surface area (TPSA) is 93.9 Å². The quantitative estimate of drug-likeness (QED) is 0.383. The number of carbonyl (C=O) groups excluding carboxylic acids is 1. The first-order valence-electron chi connectivity index (χ1n) is 8.88. The van der Waals surface area contributed by atoms with Crippen molar-refractivity contribution in [1.82, 2.24) is 14.8 Å². The van der Waals surface area contributed by atoms with Crippen LogP contribution in [0.15, 0.2) is 77.3 Å². The van der Waals surface area contributed by atoms with Crippen LogP contribution in [0.1, 0.15) is 5.82 Å². The van der Waals surface area contributed by atoms with Crippen LogP contribution in [0.2, 0.25) is 5.02 Å². The predicted molar refractivity (Wildman–Crippen MR) is 118 cm³/mol. The molecule has 0 saturated heterocycles. The third-order valence-electron chi connectivity index (χ3n) is 3.97. The second-order valence-corrected chi connectivity index (χ2v) is 9.59. The molecule has 7 nitrogen and oxygen atoms in total. The summed E-state index contributed by atoms with van der Waals surface area (Å²) in [5.41, 5.74) is 0.593. The molecule has 3 aromatic rings. The summed E-state index contributed by atoms with van der Waals surface area (Å²) >= 11 is 7.08. The SMILES string of the molecule is C=CCn1c(CS(=O)(=O)c2ccccc2)nnc1SCC(=O)Nc1cccc(Cl)c1. The lowest BCUT2D eigenvalue weighted by Crippen LogP contribution is -2.15. The number of allylic oxidation sites excluding steroid dienone is 1. The largest absolute Gasteiger partial charge is 0.325 e. The van der Waals surface area contributed by atoms with Crippen LogP contribution in [0.4, 0.5) is 5.69 Å². The molecule has 0 unspecified atom stereocenters. The maximum atomic E-state index is 12.7. The average Bonchev–Trinajstić information content (AvgIpc) is 3.08. The monoisotopic (exact) mass is 462 g/mol. The van der Waals surface area contributed by atoms with Gasteiger partial charge in [-0.15, -0.1) is 16.8 Å². The van der Waals surface area contributed by atoms with Crippen LogP contribution in [0.5, 0.6) is 0 Å². The van der Waals surface area contributed by atoms with Gasteiger partial charge in [0.25, 0.3) is 0 Å². The van der Waals surface area contributed by atoms with Crippen LogP contribution in [0.3, 0.4) is 0 Å². The van der Waals surface area contributed by atoms with Crippen LogP contribution in [0, 0.1) is 0 Å². The zero-order valence-electron chi connectivity index (χ0n) is 15.9. The Hall–Kier alpha value is -2.62. The molecule has 1 aromatic heterocycles. The highest BCUT2D eigenvalue weighted by Gasteiger charge is 2.21. The summed E-state index contributed by atoms with van der Waals surface area (Å²) < 4.78 is 27.0. The van der Waals surface area contributed by atoms with Crippen molar-refractivity contribution in [2.45, 2.75) is 22.3 Å². The second-order valence-electron chi connectivity index (χ2n) is 6.22. The summed E-state index contributed by atoms with van der Waals surface area (Å²) in [4.78, 5) is 12.5. The van der Waals surface area contributed by atoms with Crippen molar-refractivity contribution in [3.8, 4) is 0 Å². The lowest BCUT2D eigenvalue weighted by atomic mass is 10.3.